The van der Waals surface area contributed by atoms with Crippen molar-refractivity contribution < 1.29 is 4.74 Å². The van der Waals surface area contributed by atoms with Gasteiger partial charge >= 0.3 is 0 Å². The third kappa shape index (κ3) is 1.80. The Balaban J connectivity index is 3.70. The first kappa shape index (κ1) is 15.4. The molecule has 6 heteroatoms. The van der Waals surface area contributed by atoms with Gasteiger partial charge < -0.3 is 4.74 Å². The smallest absolute Gasteiger partial charge is 0.175 e. The average Bonchev–Trinajstić information content (AvgIpc) is 2.45. The second kappa shape index (κ2) is 5.57. The maximum atomic E-state index is 9.58. The molecule has 0 spiro atoms. The summed E-state index contributed by atoms with van der Waals surface area (Å²) in [4.78, 5) is 4.17. The van der Waals surface area contributed by atoms with Crippen LogP contribution in [0.1, 0.15) is 26.7 Å². The van der Waals surface area contributed by atoms with Gasteiger partial charge in [-0.2, -0.15) is 15.8 Å². The van der Waals surface area contributed by atoms with E-state index in [4.69, 9.17) is 16.3 Å². The van der Waals surface area contributed by atoms with E-state index in [1.165, 1.54) is 7.11 Å². The molecule has 0 fully saturated rings. The van der Waals surface area contributed by atoms with Crippen molar-refractivity contribution in [2.45, 2.75) is 32.9 Å². The number of nitriles is 3. The van der Waals surface area contributed by atoms with Gasteiger partial charge in [-0.3, -0.25) is 0 Å². The molecule has 0 saturated carbocycles. The summed E-state index contributed by atoms with van der Waals surface area (Å²) in [6.07, 6.45) is 0.295. The summed E-state index contributed by atoms with van der Waals surface area (Å²) in [5.41, 5.74) is -2.39. The molecule has 1 heterocycles. The van der Waals surface area contributed by atoms with Crippen molar-refractivity contribution in [3.63, 3.8) is 0 Å². The van der Waals surface area contributed by atoms with Gasteiger partial charge in [-0.05, 0) is 12.8 Å². The van der Waals surface area contributed by atoms with Gasteiger partial charge in [0.25, 0.3) is 0 Å². The lowest BCUT2D eigenvalue weighted by atomic mass is 9.54. The van der Waals surface area contributed by atoms with Crippen LogP contribution in [0.25, 0.3) is 0 Å². The third-order valence-electron chi connectivity index (χ3n) is 4.14. The third-order valence-corrected chi connectivity index (χ3v) is 4.45. The molecule has 0 aliphatic carbocycles. The van der Waals surface area contributed by atoms with Crippen LogP contribution in [0.5, 0.6) is 0 Å². The van der Waals surface area contributed by atoms with Gasteiger partial charge in [0.2, 0.25) is 0 Å². The van der Waals surface area contributed by atoms with Gasteiger partial charge in [0.1, 0.15) is 11.1 Å². The van der Waals surface area contributed by atoms with Crippen molar-refractivity contribution in [1.29, 1.82) is 15.8 Å². The molecule has 0 radical (unpaired) electrons. The summed E-state index contributed by atoms with van der Waals surface area (Å²) in [5, 5.41) is 28.4. The van der Waals surface area contributed by atoms with Crippen LogP contribution in [0.3, 0.4) is 0 Å². The molecular formula is C13H15ClN4O. The highest BCUT2D eigenvalue weighted by Crippen LogP contribution is 2.56. The van der Waals surface area contributed by atoms with Crippen LogP contribution >= 0.6 is 11.6 Å². The molecule has 1 aliphatic heterocycles. The van der Waals surface area contributed by atoms with Gasteiger partial charge in [-0.15, -0.1) is 0 Å². The second-order valence-corrected chi connectivity index (χ2v) is 4.88. The number of methoxy groups -OCH3 is 1. The van der Waals surface area contributed by atoms with Gasteiger partial charge in [0.05, 0.1) is 23.6 Å². The van der Waals surface area contributed by atoms with Crippen molar-refractivity contribution in [3.8, 4) is 18.2 Å². The predicted molar refractivity (Wildman–Crippen MR) is 69.9 cm³/mol. The van der Waals surface area contributed by atoms with E-state index in [-0.39, 0.29) is 5.17 Å². The minimum absolute atomic E-state index is 0.0324. The first-order valence-corrected chi connectivity index (χ1v) is 6.39. The predicted octanol–water partition coefficient (Wildman–Crippen LogP) is 2.59. The molecule has 0 aromatic carbocycles. The Morgan fingerprint density at radius 1 is 1.26 bits per heavy atom. The molecule has 5 nitrogen and oxygen atoms in total. The highest BCUT2D eigenvalue weighted by Gasteiger charge is 2.63. The topological polar surface area (TPSA) is 93.0 Å². The van der Waals surface area contributed by atoms with Gasteiger partial charge in [0.15, 0.2) is 11.6 Å². The molecule has 0 amide bonds. The minimum Gasteiger partial charge on any atom is -0.359 e. The van der Waals surface area contributed by atoms with Crippen LogP contribution in [-0.2, 0) is 4.74 Å². The zero-order valence-corrected chi connectivity index (χ0v) is 11.9. The van der Waals surface area contributed by atoms with Crippen molar-refractivity contribution in [1.82, 2.24) is 0 Å². The molecule has 0 saturated heterocycles. The second-order valence-electron chi connectivity index (χ2n) is 4.50. The molecule has 0 N–H and O–H groups in total. The van der Waals surface area contributed by atoms with E-state index in [1.807, 2.05) is 32.1 Å². The van der Waals surface area contributed by atoms with E-state index in [1.54, 1.807) is 0 Å². The maximum absolute atomic E-state index is 9.58. The standard InChI is InChI=1S/C13H15ClN4O/c1-4-12(5-2)11(19-3)18-10(14)9(6-15)13(12,7-16)8-17/h9,11H,4-5H2,1-3H3/t9?,11-/m0/s1. The Kier molecular flexibility index (Phi) is 4.53. The van der Waals surface area contributed by atoms with E-state index in [0.717, 1.165) is 0 Å². The molecular weight excluding hydrogens is 264 g/mol. The number of nitrogens with zero attached hydrogens (tertiary/aromatic N) is 4. The number of hydrogen-bond donors (Lipinski definition) is 0. The molecule has 2 atom stereocenters. The summed E-state index contributed by atoms with van der Waals surface area (Å²) in [5.74, 6) is -1.05. The number of ether oxygens (including phenoxy) is 1. The van der Waals surface area contributed by atoms with Crippen LogP contribution in [-0.4, -0.2) is 18.5 Å². The summed E-state index contributed by atoms with van der Waals surface area (Å²) in [6.45, 7) is 3.73. The lowest BCUT2D eigenvalue weighted by Crippen LogP contribution is -2.56. The molecule has 1 aliphatic rings. The van der Waals surface area contributed by atoms with Crippen LogP contribution < -0.4 is 0 Å². The van der Waals surface area contributed by atoms with Crippen molar-refractivity contribution in [2.75, 3.05) is 7.11 Å². The highest BCUT2D eigenvalue weighted by molar-refractivity contribution is 6.66. The van der Waals surface area contributed by atoms with Crippen molar-refractivity contribution in [2.24, 2.45) is 21.7 Å². The minimum atomic E-state index is -1.55. The fourth-order valence-corrected chi connectivity index (χ4v) is 3.23. The number of halogens is 1. The normalized spacial score (nSPS) is 27.5. The molecule has 1 unspecified atom stereocenters. The molecule has 1 rings (SSSR count). The Hall–Kier alpha value is -1.61. The van der Waals surface area contributed by atoms with Gasteiger partial charge in [-0.1, -0.05) is 25.4 Å². The molecule has 0 aromatic heterocycles. The lowest BCUT2D eigenvalue weighted by molar-refractivity contribution is -0.0703. The zero-order chi connectivity index (χ0) is 14.7. The monoisotopic (exact) mass is 278 g/mol. The SMILES string of the molecule is CCC1(CC)[C@H](OC)N=C(Cl)C(C#N)C1(C#N)C#N. The number of aliphatic imine (C=N–C) groups is 1. The van der Waals surface area contributed by atoms with E-state index in [2.05, 4.69) is 4.99 Å². The number of rotatable bonds is 3. The number of hydrogen-bond acceptors (Lipinski definition) is 5. The lowest BCUT2D eigenvalue weighted by Gasteiger charge is -2.48. The van der Waals surface area contributed by atoms with E-state index >= 15 is 0 Å². The molecule has 100 valence electrons. The fraction of sp³-hybridized carbons (Fsp3) is 0.692. The maximum Gasteiger partial charge on any atom is 0.175 e. The van der Waals surface area contributed by atoms with Crippen LogP contribution in [0.4, 0.5) is 0 Å². The van der Waals surface area contributed by atoms with Crippen molar-refractivity contribution >= 4 is 16.8 Å². The van der Waals surface area contributed by atoms with Gasteiger partial charge in [-0.25, -0.2) is 4.99 Å². The van der Waals surface area contributed by atoms with Crippen molar-refractivity contribution in [3.05, 3.63) is 0 Å². The molecule has 0 bridgehead atoms. The summed E-state index contributed by atoms with van der Waals surface area (Å²) >= 11 is 5.98. The highest BCUT2D eigenvalue weighted by atomic mass is 35.5. The summed E-state index contributed by atoms with van der Waals surface area (Å²) < 4.78 is 5.33. The Labute approximate surface area is 118 Å². The Bertz CT molecular complexity index is 490. The average molecular weight is 279 g/mol. The fourth-order valence-electron chi connectivity index (χ4n) is 2.93. The van der Waals surface area contributed by atoms with Gasteiger partial charge in [0, 0.05) is 7.11 Å². The van der Waals surface area contributed by atoms with Crippen LogP contribution in [0.2, 0.25) is 0 Å². The Morgan fingerprint density at radius 3 is 2.11 bits per heavy atom. The Morgan fingerprint density at radius 2 is 1.79 bits per heavy atom. The van der Waals surface area contributed by atoms with Crippen LogP contribution in [0, 0.1) is 50.7 Å². The van der Waals surface area contributed by atoms with Crippen LogP contribution in [0.15, 0.2) is 4.99 Å². The summed E-state index contributed by atoms with van der Waals surface area (Å²) in [6, 6.07) is 6.00. The van der Waals surface area contributed by atoms with E-state index < -0.39 is 23.0 Å². The quantitative estimate of drug-likeness (QED) is 0.793. The van der Waals surface area contributed by atoms with E-state index in [9.17, 15) is 15.8 Å². The first-order valence-electron chi connectivity index (χ1n) is 6.01. The van der Waals surface area contributed by atoms with E-state index in [0.29, 0.717) is 12.8 Å². The zero-order valence-electron chi connectivity index (χ0n) is 11.1. The first-order chi connectivity index (χ1) is 9.03. The largest absolute Gasteiger partial charge is 0.359 e. The summed E-state index contributed by atoms with van der Waals surface area (Å²) in [7, 11) is 1.46. The molecule has 0 aromatic rings. The molecule has 19 heavy (non-hydrogen) atoms.